The average Bonchev–Trinajstić information content (AvgIpc) is 3.33. The van der Waals surface area contributed by atoms with Crippen molar-refractivity contribution in [2.45, 2.75) is 33.4 Å². The molecule has 0 saturated heterocycles. The summed E-state index contributed by atoms with van der Waals surface area (Å²) in [6.45, 7) is 5.78. The van der Waals surface area contributed by atoms with Gasteiger partial charge in [-0.3, -0.25) is 0 Å². The van der Waals surface area contributed by atoms with Gasteiger partial charge < -0.3 is 9.13 Å². The molecule has 0 spiro atoms. The summed E-state index contributed by atoms with van der Waals surface area (Å²) in [6, 6.07) is 28.7. The van der Waals surface area contributed by atoms with Gasteiger partial charge in [-0.25, -0.2) is 0 Å². The second-order valence-electron chi connectivity index (χ2n) is 9.98. The monoisotopic (exact) mass is 590 g/mol. The molecule has 196 valence electrons. The van der Waals surface area contributed by atoms with Crippen LogP contribution in [0.2, 0.25) is 20.1 Å². The first kappa shape index (κ1) is 26.3. The van der Waals surface area contributed by atoms with Crippen LogP contribution >= 0.6 is 46.4 Å². The lowest BCUT2D eigenvalue weighted by molar-refractivity contribution is 0.790. The maximum atomic E-state index is 6.58. The standard InChI is InChI=1S/C33H26Cl4N2/c1-20-28(26-7-3-5-9-32(26)38(20)18-22-11-13-24(34)15-30(22)36)17-29-21(2)39(33-10-6-4-8-27(29)33)19-23-12-14-25(35)16-31(23)37/h3-16H,17-19H2,1-2H3. The lowest BCUT2D eigenvalue weighted by atomic mass is 9.99. The predicted octanol–water partition coefficient (Wildman–Crippen LogP) is 10.5. The maximum Gasteiger partial charge on any atom is 0.0493 e. The molecule has 0 fully saturated rings. The van der Waals surface area contributed by atoms with E-state index in [0.29, 0.717) is 33.2 Å². The molecular weight excluding hydrogens is 566 g/mol. The minimum Gasteiger partial charge on any atom is -0.340 e. The smallest absolute Gasteiger partial charge is 0.0493 e. The molecule has 39 heavy (non-hydrogen) atoms. The number of hydrogen-bond acceptors (Lipinski definition) is 0. The molecule has 0 aliphatic rings. The molecule has 2 heterocycles. The summed E-state index contributed by atoms with van der Waals surface area (Å²) in [5.74, 6) is 0. The summed E-state index contributed by atoms with van der Waals surface area (Å²) in [5, 5.41) is 5.17. The molecule has 0 amide bonds. The number of para-hydroxylation sites is 2. The molecule has 2 nitrogen and oxygen atoms in total. The lowest BCUT2D eigenvalue weighted by Crippen LogP contribution is -2.04. The van der Waals surface area contributed by atoms with Crippen LogP contribution in [0.1, 0.15) is 33.6 Å². The third-order valence-corrected chi connectivity index (χ3v) is 8.94. The molecule has 0 N–H and O–H groups in total. The van der Waals surface area contributed by atoms with Gasteiger partial charge in [0, 0.05) is 72.8 Å². The van der Waals surface area contributed by atoms with Crippen molar-refractivity contribution in [3.05, 3.63) is 139 Å². The SMILES string of the molecule is Cc1c(Cc2c(C)n(Cc3ccc(Cl)cc3Cl)c3ccccc23)c2ccccc2n1Cc1ccc(Cl)cc1Cl. The van der Waals surface area contributed by atoms with Crippen molar-refractivity contribution in [1.82, 2.24) is 9.13 Å². The average molecular weight is 592 g/mol. The molecule has 0 aliphatic carbocycles. The zero-order valence-electron chi connectivity index (χ0n) is 21.6. The van der Waals surface area contributed by atoms with Crippen LogP contribution in [0, 0.1) is 13.8 Å². The number of fused-ring (bicyclic) bond motifs is 2. The fourth-order valence-corrected chi connectivity index (χ4v) is 6.61. The zero-order chi connectivity index (χ0) is 27.3. The molecule has 0 saturated carbocycles. The summed E-state index contributed by atoms with van der Waals surface area (Å²) < 4.78 is 4.73. The lowest BCUT2D eigenvalue weighted by Gasteiger charge is -2.12. The second kappa shape index (κ2) is 10.6. The van der Waals surface area contributed by atoms with Crippen molar-refractivity contribution in [3.8, 4) is 0 Å². The quantitative estimate of drug-likeness (QED) is 0.182. The fraction of sp³-hybridized carbons (Fsp3) is 0.152. The Morgan fingerprint density at radius 2 is 0.949 bits per heavy atom. The van der Waals surface area contributed by atoms with E-state index >= 15 is 0 Å². The highest BCUT2D eigenvalue weighted by atomic mass is 35.5. The van der Waals surface area contributed by atoms with Gasteiger partial charge in [-0.15, -0.1) is 0 Å². The number of aromatic nitrogens is 2. The van der Waals surface area contributed by atoms with E-state index in [2.05, 4.69) is 71.5 Å². The molecule has 2 aromatic heterocycles. The third kappa shape index (κ3) is 4.85. The van der Waals surface area contributed by atoms with Crippen LogP contribution in [0.25, 0.3) is 21.8 Å². The molecule has 4 aromatic carbocycles. The Labute approximate surface area is 248 Å². The van der Waals surface area contributed by atoms with Crippen molar-refractivity contribution in [3.63, 3.8) is 0 Å². The van der Waals surface area contributed by atoms with Crippen molar-refractivity contribution in [2.75, 3.05) is 0 Å². The summed E-state index contributed by atoms with van der Waals surface area (Å²) >= 11 is 25.5. The van der Waals surface area contributed by atoms with E-state index < -0.39 is 0 Å². The molecule has 0 unspecified atom stereocenters. The summed E-state index contributed by atoms with van der Waals surface area (Å²) in [7, 11) is 0. The van der Waals surface area contributed by atoms with E-state index in [-0.39, 0.29) is 0 Å². The molecule has 6 rings (SSSR count). The molecule has 0 atom stereocenters. The topological polar surface area (TPSA) is 9.86 Å². The maximum absolute atomic E-state index is 6.58. The molecule has 0 bridgehead atoms. The van der Waals surface area contributed by atoms with Crippen LogP contribution in [-0.4, -0.2) is 9.13 Å². The highest BCUT2D eigenvalue weighted by molar-refractivity contribution is 6.35. The minimum absolute atomic E-state index is 0.644. The van der Waals surface area contributed by atoms with E-state index in [4.69, 9.17) is 46.4 Å². The molecule has 0 radical (unpaired) electrons. The fourth-order valence-electron chi connectivity index (χ4n) is 5.68. The Morgan fingerprint density at radius 3 is 1.36 bits per heavy atom. The van der Waals surface area contributed by atoms with Crippen molar-refractivity contribution in [1.29, 1.82) is 0 Å². The van der Waals surface area contributed by atoms with Gasteiger partial charge in [0.05, 0.1) is 0 Å². The summed E-state index contributed by atoms with van der Waals surface area (Å²) in [6.07, 6.45) is 0.821. The molecule has 0 aliphatic heterocycles. The highest BCUT2D eigenvalue weighted by Crippen LogP contribution is 2.35. The zero-order valence-corrected chi connectivity index (χ0v) is 24.6. The van der Waals surface area contributed by atoms with Crippen molar-refractivity contribution >= 4 is 68.2 Å². The van der Waals surface area contributed by atoms with Gasteiger partial charge in [-0.1, -0.05) is 94.9 Å². The first-order valence-corrected chi connectivity index (χ1v) is 14.3. The Hall–Kier alpha value is -2.88. The number of halogens is 4. The van der Waals surface area contributed by atoms with E-state index in [1.54, 1.807) is 0 Å². The summed E-state index contributed by atoms with van der Waals surface area (Å²) in [5.41, 5.74) is 9.61. The van der Waals surface area contributed by atoms with Crippen LogP contribution in [-0.2, 0) is 19.5 Å². The summed E-state index contributed by atoms with van der Waals surface area (Å²) in [4.78, 5) is 0. The molecule has 6 aromatic rings. The Balaban J connectivity index is 1.46. The Bertz CT molecular complexity index is 1730. The van der Waals surface area contributed by atoms with Gasteiger partial charge in [0.25, 0.3) is 0 Å². The predicted molar refractivity (Wildman–Crippen MR) is 167 cm³/mol. The van der Waals surface area contributed by atoms with Crippen LogP contribution in [0.15, 0.2) is 84.9 Å². The van der Waals surface area contributed by atoms with Crippen LogP contribution in [0.3, 0.4) is 0 Å². The van der Waals surface area contributed by atoms with E-state index in [1.165, 1.54) is 44.3 Å². The molecular formula is C33H26Cl4N2. The van der Waals surface area contributed by atoms with Crippen LogP contribution in [0.4, 0.5) is 0 Å². The first-order valence-electron chi connectivity index (χ1n) is 12.8. The second-order valence-corrected chi connectivity index (χ2v) is 11.7. The van der Waals surface area contributed by atoms with Crippen molar-refractivity contribution < 1.29 is 0 Å². The van der Waals surface area contributed by atoms with Crippen molar-refractivity contribution in [2.24, 2.45) is 0 Å². The highest BCUT2D eigenvalue weighted by Gasteiger charge is 2.20. The number of nitrogens with zero attached hydrogens (tertiary/aromatic N) is 2. The third-order valence-electron chi connectivity index (χ3n) is 7.76. The Kier molecular flexibility index (Phi) is 7.16. The van der Waals surface area contributed by atoms with Gasteiger partial charge >= 0.3 is 0 Å². The van der Waals surface area contributed by atoms with E-state index in [9.17, 15) is 0 Å². The van der Waals surface area contributed by atoms with E-state index in [1.807, 2.05) is 36.4 Å². The van der Waals surface area contributed by atoms with Gasteiger partial charge in [0.2, 0.25) is 0 Å². The van der Waals surface area contributed by atoms with Crippen LogP contribution in [0.5, 0.6) is 0 Å². The van der Waals surface area contributed by atoms with Gasteiger partial charge in [0.15, 0.2) is 0 Å². The number of benzene rings is 4. The van der Waals surface area contributed by atoms with Gasteiger partial charge in [-0.05, 0) is 72.5 Å². The normalized spacial score (nSPS) is 11.6. The first-order chi connectivity index (χ1) is 18.8. The molecule has 6 heteroatoms. The Morgan fingerprint density at radius 1 is 0.538 bits per heavy atom. The number of hydrogen-bond donors (Lipinski definition) is 0. The largest absolute Gasteiger partial charge is 0.340 e. The van der Waals surface area contributed by atoms with Gasteiger partial charge in [0.1, 0.15) is 0 Å². The minimum atomic E-state index is 0.644. The van der Waals surface area contributed by atoms with E-state index in [0.717, 1.165) is 17.5 Å². The van der Waals surface area contributed by atoms with Gasteiger partial charge in [-0.2, -0.15) is 0 Å². The van der Waals surface area contributed by atoms with Crippen LogP contribution < -0.4 is 0 Å². The number of rotatable bonds is 6.